The maximum absolute atomic E-state index is 13.0. The van der Waals surface area contributed by atoms with Gasteiger partial charge in [-0.1, -0.05) is 24.3 Å². The SMILES string of the molecule is O=C(Cc1cccc(F)c1)NCCc1ccc(C(F)(F)F)cc1. The summed E-state index contributed by atoms with van der Waals surface area (Å²) < 4.78 is 50.3. The van der Waals surface area contributed by atoms with Gasteiger partial charge in [-0.15, -0.1) is 0 Å². The van der Waals surface area contributed by atoms with Gasteiger partial charge in [0.15, 0.2) is 0 Å². The molecule has 2 nitrogen and oxygen atoms in total. The van der Waals surface area contributed by atoms with E-state index in [2.05, 4.69) is 5.32 Å². The van der Waals surface area contributed by atoms with Crippen LogP contribution in [-0.2, 0) is 23.8 Å². The summed E-state index contributed by atoms with van der Waals surface area (Å²) in [5.74, 6) is -0.664. The second-order valence-electron chi connectivity index (χ2n) is 5.10. The van der Waals surface area contributed by atoms with Gasteiger partial charge >= 0.3 is 6.18 Å². The van der Waals surface area contributed by atoms with Gasteiger partial charge < -0.3 is 5.32 Å². The second-order valence-corrected chi connectivity index (χ2v) is 5.10. The Kier molecular flexibility index (Phi) is 5.36. The normalized spacial score (nSPS) is 11.3. The van der Waals surface area contributed by atoms with Gasteiger partial charge in [0.25, 0.3) is 0 Å². The first-order valence-corrected chi connectivity index (χ1v) is 7.02. The van der Waals surface area contributed by atoms with Crippen LogP contribution in [0, 0.1) is 5.82 Å². The van der Waals surface area contributed by atoms with E-state index in [0.717, 1.165) is 12.1 Å². The van der Waals surface area contributed by atoms with Crippen LogP contribution in [0.2, 0.25) is 0 Å². The van der Waals surface area contributed by atoms with Gasteiger partial charge in [-0.25, -0.2) is 4.39 Å². The molecular formula is C17H15F4NO. The van der Waals surface area contributed by atoms with Gasteiger partial charge in [-0.2, -0.15) is 13.2 Å². The number of nitrogens with one attached hydrogen (secondary N) is 1. The number of halogens is 4. The van der Waals surface area contributed by atoms with E-state index in [4.69, 9.17) is 0 Å². The standard InChI is InChI=1S/C17H15F4NO/c18-15-3-1-2-13(10-15)11-16(23)22-9-8-12-4-6-14(7-5-12)17(19,20)21/h1-7,10H,8-9,11H2,(H,22,23). The molecule has 6 heteroatoms. The second kappa shape index (κ2) is 7.26. The van der Waals surface area contributed by atoms with Crippen molar-refractivity contribution in [3.8, 4) is 0 Å². The third-order valence-corrected chi connectivity index (χ3v) is 3.27. The summed E-state index contributed by atoms with van der Waals surface area (Å²) in [6.45, 7) is 0.305. The molecule has 2 aromatic carbocycles. The smallest absolute Gasteiger partial charge is 0.355 e. The zero-order valence-electron chi connectivity index (χ0n) is 12.2. The maximum atomic E-state index is 13.0. The zero-order chi connectivity index (χ0) is 16.9. The van der Waals surface area contributed by atoms with Crippen LogP contribution >= 0.6 is 0 Å². The van der Waals surface area contributed by atoms with Gasteiger partial charge in [0, 0.05) is 6.54 Å². The largest absolute Gasteiger partial charge is 0.416 e. The lowest BCUT2D eigenvalue weighted by atomic mass is 10.1. The van der Waals surface area contributed by atoms with Crippen LogP contribution in [0.5, 0.6) is 0 Å². The number of benzene rings is 2. The lowest BCUT2D eigenvalue weighted by Crippen LogP contribution is -2.27. The summed E-state index contributed by atoms with van der Waals surface area (Å²) in [6, 6.07) is 10.6. The minimum Gasteiger partial charge on any atom is -0.355 e. The molecule has 0 aromatic heterocycles. The summed E-state index contributed by atoms with van der Waals surface area (Å²) in [5, 5.41) is 2.66. The van der Waals surface area contributed by atoms with E-state index in [1.807, 2.05) is 0 Å². The van der Waals surface area contributed by atoms with Crippen LogP contribution in [0.15, 0.2) is 48.5 Å². The van der Waals surface area contributed by atoms with E-state index in [-0.39, 0.29) is 12.3 Å². The molecule has 0 saturated carbocycles. The third kappa shape index (κ3) is 5.39. The lowest BCUT2D eigenvalue weighted by Gasteiger charge is -2.08. The number of hydrogen-bond donors (Lipinski definition) is 1. The van der Waals surface area contributed by atoms with Crippen molar-refractivity contribution in [3.05, 3.63) is 71.0 Å². The summed E-state index contributed by atoms with van der Waals surface area (Å²) in [6.07, 6.45) is -3.87. The van der Waals surface area contributed by atoms with Gasteiger partial charge in [0.2, 0.25) is 5.91 Å². The Bertz CT molecular complexity index is 665. The summed E-state index contributed by atoms with van der Waals surface area (Å²) in [7, 11) is 0. The molecule has 1 amide bonds. The highest BCUT2D eigenvalue weighted by molar-refractivity contribution is 5.78. The Morgan fingerprint density at radius 3 is 2.30 bits per heavy atom. The molecule has 122 valence electrons. The first-order valence-electron chi connectivity index (χ1n) is 7.02. The van der Waals surface area contributed by atoms with E-state index in [9.17, 15) is 22.4 Å². The average Bonchev–Trinajstić information content (AvgIpc) is 2.47. The molecule has 0 saturated heterocycles. The van der Waals surface area contributed by atoms with Crippen molar-refractivity contribution in [1.29, 1.82) is 0 Å². The van der Waals surface area contributed by atoms with Crippen molar-refractivity contribution in [2.75, 3.05) is 6.54 Å². The van der Waals surface area contributed by atoms with Crippen LogP contribution in [0.25, 0.3) is 0 Å². The molecule has 0 bridgehead atoms. The van der Waals surface area contributed by atoms with E-state index in [0.29, 0.717) is 24.1 Å². The highest BCUT2D eigenvalue weighted by Crippen LogP contribution is 2.29. The number of rotatable bonds is 5. The molecule has 0 heterocycles. The summed E-state index contributed by atoms with van der Waals surface area (Å²) >= 11 is 0. The van der Waals surface area contributed by atoms with Gasteiger partial charge in [-0.05, 0) is 41.8 Å². The fourth-order valence-corrected chi connectivity index (χ4v) is 2.10. The Morgan fingerprint density at radius 1 is 1.00 bits per heavy atom. The number of amides is 1. The number of alkyl halides is 3. The highest BCUT2D eigenvalue weighted by Gasteiger charge is 2.29. The molecule has 0 aliphatic carbocycles. The Labute approximate surface area is 131 Å². The Balaban J connectivity index is 1.79. The quantitative estimate of drug-likeness (QED) is 0.834. The molecule has 1 N–H and O–H groups in total. The molecule has 0 radical (unpaired) electrons. The number of hydrogen-bond acceptors (Lipinski definition) is 1. The number of carbonyl (C=O) groups excluding carboxylic acids is 1. The van der Waals surface area contributed by atoms with Crippen molar-refractivity contribution in [2.45, 2.75) is 19.0 Å². The molecule has 0 unspecified atom stereocenters. The molecule has 2 rings (SSSR count). The molecule has 2 aromatic rings. The molecule has 23 heavy (non-hydrogen) atoms. The monoisotopic (exact) mass is 325 g/mol. The van der Waals surface area contributed by atoms with E-state index >= 15 is 0 Å². The molecule has 0 aliphatic heterocycles. The van der Waals surface area contributed by atoms with Gasteiger partial charge in [0.1, 0.15) is 5.82 Å². The minimum atomic E-state index is -4.35. The Hall–Kier alpha value is -2.37. The molecule has 0 fully saturated rings. The van der Waals surface area contributed by atoms with Gasteiger partial charge in [0.05, 0.1) is 12.0 Å². The molecular weight excluding hydrogens is 310 g/mol. The van der Waals surface area contributed by atoms with Gasteiger partial charge in [-0.3, -0.25) is 4.79 Å². The minimum absolute atomic E-state index is 0.0603. The predicted molar refractivity (Wildman–Crippen MR) is 78.3 cm³/mol. The van der Waals surface area contributed by atoms with Crippen molar-refractivity contribution in [3.63, 3.8) is 0 Å². The van der Waals surface area contributed by atoms with Crippen LogP contribution in [-0.4, -0.2) is 12.5 Å². The fourth-order valence-electron chi connectivity index (χ4n) is 2.10. The number of carbonyl (C=O) groups is 1. The van der Waals surface area contributed by atoms with E-state index in [1.54, 1.807) is 6.07 Å². The zero-order valence-corrected chi connectivity index (χ0v) is 12.2. The summed E-state index contributed by atoms with van der Waals surface area (Å²) in [5.41, 5.74) is 0.567. The van der Waals surface area contributed by atoms with E-state index < -0.39 is 17.6 Å². The van der Waals surface area contributed by atoms with Crippen LogP contribution in [0.1, 0.15) is 16.7 Å². The van der Waals surface area contributed by atoms with Crippen LogP contribution in [0.4, 0.5) is 17.6 Å². The van der Waals surface area contributed by atoms with Crippen molar-refractivity contribution >= 4 is 5.91 Å². The third-order valence-electron chi connectivity index (χ3n) is 3.27. The van der Waals surface area contributed by atoms with Crippen LogP contribution < -0.4 is 5.32 Å². The summed E-state index contributed by atoms with van der Waals surface area (Å²) in [4.78, 5) is 11.7. The first kappa shape index (κ1) is 17.0. The predicted octanol–water partition coefficient (Wildman–Crippen LogP) is 3.75. The van der Waals surface area contributed by atoms with E-state index in [1.165, 1.54) is 30.3 Å². The maximum Gasteiger partial charge on any atom is 0.416 e. The van der Waals surface area contributed by atoms with Crippen molar-refractivity contribution in [2.24, 2.45) is 0 Å². The first-order chi connectivity index (χ1) is 10.8. The van der Waals surface area contributed by atoms with Crippen molar-refractivity contribution < 1.29 is 22.4 Å². The molecule has 0 atom stereocenters. The fraction of sp³-hybridized carbons (Fsp3) is 0.235. The lowest BCUT2D eigenvalue weighted by molar-refractivity contribution is -0.137. The van der Waals surface area contributed by atoms with Crippen LogP contribution in [0.3, 0.4) is 0 Å². The Morgan fingerprint density at radius 2 is 1.70 bits per heavy atom. The molecule has 0 aliphatic rings. The topological polar surface area (TPSA) is 29.1 Å². The van der Waals surface area contributed by atoms with Crippen molar-refractivity contribution in [1.82, 2.24) is 5.32 Å². The molecule has 0 spiro atoms. The highest BCUT2D eigenvalue weighted by atomic mass is 19.4. The average molecular weight is 325 g/mol.